The average molecular weight is 368 g/mol. The first kappa shape index (κ1) is 16.1. The first-order valence-electron chi connectivity index (χ1n) is 8.70. The Labute approximate surface area is 159 Å². The smallest absolute Gasteiger partial charge is 0.284 e. The van der Waals surface area contributed by atoms with Crippen molar-refractivity contribution in [2.45, 2.75) is 0 Å². The van der Waals surface area contributed by atoms with Crippen LogP contribution in [0.2, 0.25) is 0 Å². The number of benzene rings is 5. The Bertz CT molecular complexity index is 1320. The fraction of sp³-hybridized carbons (Fsp3) is 0. The third kappa shape index (κ3) is 2.21. The number of nitrogens with two attached hydrogens (primary N) is 2. The van der Waals surface area contributed by atoms with Crippen LogP contribution in [-0.4, -0.2) is 12.0 Å². The molecule has 0 aromatic heterocycles. The van der Waals surface area contributed by atoms with Crippen LogP contribution >= 0.6 is 0 Å². The van der Waals surface area contributed by atoms with E-state index in [1.807, 2.05) is 24.3 Å². The van der Waals surface area contributed by atoms with Crippen LogP contribution in [0.5, 0.6) is 11.5 Å². The molecule has 0 heterocycles. The van der Waals surface area contributed by atoms with E-state index in [1.54, 1.807) is 12.1 Å². The molecule has 0 amide bonds. The molecule has 5 aromatic rings. The van der Waals surface area contributed by atoms with Gasteiger partial charge in [0.15, 0.2) is 0 Å². The molecular weight excluding hydrogens is 352 g/mol. The molecule has 0 aliphatic carbocycles. The second kappa shape index (κ2) is 5.72. The van der Waals surface area contributed by atoms with Gasteiger partial charge in [0.1, 0.15) is 11.5 Å². The van der Waals surface area contributed by atoms with E-state index in [-0.39, 0.29) is 0 Å². The highest BCUT2D eigenvalue weighted by Crippen LogP contribution is 2.45. The highest BCUT2D eigenvalue weighted by atomic mass is 16.5. The molecule has 0 atom stereocenters. The van der Waals surface area contributed by atoms with E-state index in [0.717, 1.165) is 26.9 Å². The largest absolute Gasteiger partial charge is 0.426 e. The maximum atomic E-state index is 7.54. The molecule has 0 unspecified atom stereocenters. The number of hydrogen-bond acceptors (Lipinski definition) is 4. The summed E-state index contributed by atoms with van der Waals surface area (Å²) in [4.78, 5) is 0. The summed E-state index contributed by atoms with van der Waals surface area (Å²) in [6.07, 6.45) is 0. The first-order valence-corrected chi connectivity index (χ1v) is 8.70. The summed E-state index contributed by atoms with van der Waals surface area (Å²) < 4.78 is 10.9. The highest BCUT2D eigenvalue weighted by Gasteiger charge is 2.19. The quantitative estimate of drug-likeness (QED) is 0.161. The fourth-order valence-electron chi connectivity index (χ4n) is 4.08. The molecule has 0 fully saturated rings. The lowest BCUT2D eigenvalue weighted by Crippen LogP contribution is -2.19. The van der Waals surface area contributed by atoms with Crippen LogP contribution in [-0.2, 0) is 0 Å². The average Bonchev–Trinajstić information content (AvgIpc) is 2.66. The van der Waals surface area contributed by atoms with Gasteiger partial charge in [-0.15, -0.1) is 0 Å². The Morgan fingerprint density at radius 3 is 1.50 bits per heavy atom. The Morgan fingerprint density at radius 1 is 0.571 bits per heavy atom. The van der Waals surface area contributed by atoms with E-state index in [2.05, 4.69) is 24.3 Å². The lowest BCUT2D eigenvalue weighted by atomic mass is 9.89. The van der Waals surface area contributed by atoms with Crippen molar-refractivity contribution in [3.05, 3.63) is 60.7 Å². The minimum Gasteiger partial charge on any atom is -0.426 e. The van der Waals surface area contributed by atoms with Crippen LogP contribution in [0.3, 0.4) is 0 Å². The van der Waals surface area contributed by atoms with Crippen molar-refractivity contribution < 1.29 is 9.47 Å². The van der Waals surface area contributed by atoms with Gasteiger partial charge in [-0.3, -0.25) is 10.8 Å². The van der Waals surface area contributed by atoms with E-state index in [0.29, 0.717) is 16.9 Å². The number of amidine groups is 2. The second-order valence-electron chi connectivity index (χ2n) is 6.61. The molecule has 0 spiro atoms. The molecule has 0 saturated carbocycles. The molecule has 0 bridgehead atoms. The molecule has 0 aliphatic heterocycles. The maximum Gasteiger partial charge on any atom is 0.284 e. The number of ether oxygens (including phenoxy) is 2. The summed E-state index contributed by atoms with van der Waals surface area (Å²) in [5.41, 5.74) is 11.0. The standard InChI is InChI=1S/C22H16N4O2/c23-21(24)27-16-9-7-14-12-5-1-3-11-4-2-6-13(18(11)12)15-8-10-17(28-22(25)26)20(16)19(14)15/h1-10H,(H3,23,24)(H3,25,26). The summed E-state index contributed by atoms with van der Waals surface area (Å²) in [6, 6.07) is 19.1. The van der Waals surface area contributed by atoms with Gasteiger partial charge in [-0.25, -0.2) is 0 Å². The van der Waals surface area contributed by atoms with E-state index in [1.165, 1.54) is 10.8 Å². The van der Waals surface area contributed by atoms with Crippen LogP contribution in [0.4, 0.5) is 0 Å². The van der Waals surface area contributed by atoms with Crippen LogP contribution in [0, 0.1) is 10.8 Å². The van der Waals surface area contributed by atoms with E-state index >= 15 is 0 Å². The summed E-state index contributed by atoms with van der Waals surface area (Å²) >= 11 is 0. The normalized spacial score (nSPS) is 11.4. The minimum absolute atomic E-state index is 0.385. The molecule has 5 rings (SSSR count). The monoisotopic (exact) mass is 368 g/mol. The molecule has 6 heteroatoms. The van der Waals surface area contributed by atoms with Crippen LogP contribution in [0.25, 0.3) is 43.1 Å². The molecule has 0 radical (unpaired) electrons. The molecule has 136 valence electrons. The van der Waals surface area contributed by atoms with E-state index in [9.17, 15) is 0 Å². The molecule has 28 heavy (non-hydrogen) atoms. The van der Waals surface area contributed by atoms with Crippen molar-refractivity contribution >= 4 is 55.1 Å². The van der Waals surface area contributed by atoms with Gasteiger partial charge >= 0.3 is 0 Å². The number of nitrogens with one attached hydrogen (secondary N) is 2. The van der Waals surface area contributed by atoms with Crippen LogP contribution in [0.1, 0.15) is 0 Å². The Kier molecular flexibility index (Phi) is 3.30. The number of fused-ring (bicyclic) bond motifs is 2. The van der Waals surface area contributed by atoms with Gasteiger partial charge in [0.2, 0.25) is 0 Å². The summed E-state index contributed by atoms with van der Waals surface area (Å²) in [6.45, 7) is 0. The van der Waals surface area contributed by atoms with Crippen molar-refractivity contribution in [3.63, 3.8) is 0 Å². The predicted molar refractivity (Wildman–Crippen MR) is 113 cm³/mol. The van der Waals surface area contributed by atoms with Gasteiger partial charge in [0.05, 0.1) is 5.39 Å². The molecular formula is C22H16N4O2. The van der Waals surface area contributed by atoms with Gasteiger partial charge in [-0.1, -0.05) is 36.4 Å². The molecule has 6 nitrogen and oxygen atoms in total. The summed E-state index contributed by atoms with van der Waals surface area (Å²) in [7, 11) is 0. The van der Waals surface area contributed by atoms with Crippen LogP contribution < -0.4 is 20.9 Å². The SMILES string of the molecule is N=C(N)Oc1ccc2c3cccc4cccc(c5ccc(OC(=N)N)c1c25)c43. The Balaban J connectivity index is 2.05. The van der Waals surface area contributed by atoms with Gasteiger partial charge in [-0.2, -0.15) is 0 Å². The minimum atomic E-state index is -0.423. The zero-order chi connectivity index (χ0) is 19.4. The van der Waals surface area contributed by atoms with Gasteiger partial charge in [0.25, 0.3) is 12.0 Å². The Hall–Kier alpha value is -4.06. The van der Waals surface area contributed by atoms with Gasteiger partial charge in [-0.05, 0) is 56.6 Å². The van der Waals surface area contributed by atoms with Crippen LogP contribution in [0.15, 0.2) is 60.7 Å². The Morgan fingerprint density at radius 2 is 1.04 bits per heavy atom. The number of hydrogen-bond donors (Lipinski definition) is 4. The third-order valence-corrected chi connectivity index (χ3v) is 5.01. The zero-order valence-corrected chi connectivity index (χ0v) is 14.7. The lowest BCUT2D eigenvalue weighted by Gasteiger charge is -2.18. The molecule has 0 aliphatic rings. The van der Waals surface area contributed by atoms with Crippen molar-refractivity contribution in [2.24, 2.45) is 11.5 Å². The summed E-state index contributed by atoms with van der Waals surface area (Å²) in [5, 5.41) is 23.3. The molecule has 5 aromatic carbocycles. The van der Waals surface area contributed by atoms with Gasteiger partial charge in [0, 0.05) is 5.39 Å². The first-order chi connectivity index (χ1) is 13.5. The summed E-state index contributed by atoms with van der Waals surface area (Å²) in [5.74, 6) is 0.770. The van der Waals surface area contributed by atoms with Crippen molar-refractivity contribution in [1.29, 1.82) is 10.8 Å². The fourth-order valence-corrected chi connectivity index (χ4v) is 4.08. The van der Waals surface area contributed by atoms with Crippen molar-refractivity contribution in [1.82, 2.24) is 0 Å². The maximum absolute atomic E-state index is 7.54. The van der Waals surface area contributed by atoms with E-state index < -0.39 is 12.0 Å². The van der Waals surface area contributed by atoms with E-state index in [4.69, 9.17) is 31.8 Å². The number of rotatable bonds is 2. The van der Waals surface area contributed by atoms with Crippen molar-refractivity contribution in [3.8, 4) is 11.5 Å². The van der Waals surface area contributed by atoms with Gasteiger partial charge < -0.3 is 20.9 Å². The second-order valence-corrected chi connectivity index (χ2v) is 6.61. The van der Waals surface area contributed by atoms with Crippen molar-refractivity contribution in [2.75, 3.05) is 0 Å². The lowest BCUT2D eigenvalue weighted by molar-refractivity contribution is 0.527. The molecule has 6 N–H and O–H groups in total. The highest BCUT2D eigenvalue weighted by molar-refractivity contribution is 6.34. The predicted octanol–water partition coefficient (Wildman–Crippen LogP) is 4.28. The zero-order valence-electron chi connectivity index (χ0n) is 14.7. The topological polar surface area (TPSA) is 118 Å². The molecule has 0 saturated heterocycles. The third-order valence-electron chi connectivity index (χ3n) is 5.01.